The molecule has 0 aromatic carbocycles. The third kappa shape index (κ3) is 58.1. The third-order valence-electron chi connectivity index (χ3n) is 11.8. The van der Waals surface area contributed by atoms with Crippen LogP contribution < -0.4 is 0 Å². The molecule has 1 atom stereocenters. The highest BCUT2D eigenvalue weighted by atomic mass is 16.6. The number of carbonyl (C=O) groups is 3. The van der Waals surface area contributed by atoms with E-state index in [1.54, 1.807) is 0 Å². The van der Waals surface area contributed by atoms with Gasteiger partial charge < -0.3 is 14.2 Å². The van der Waals surface area contributed by atoms with E-state index in [1.807, 2.05) is 0 Å². The summed E-state index contributed by atoms with van der Waals surface area (Å²) >= 11 is 0. The molecule has 6 nitrogen and oxygen atoms in total. The van der Waals surface area contributed by atoms with Gasteiger partial charge >= 0.3 is 17.9 Å². The molecule has 0 N–H and O–H groups in total. The quantitative estimate of drug-likeness (QED) is 0.0261. The highest BCUT2D eigenvalue weighted by Gasteiger charge is 2.19. The zero-order valence-electron chi connectivity index (χ0n) is 46.8. The van der Waals surface area contributed by atoms with E-state index in [2.05, 4.69) is 167 Å². The lowest BCUT2D eigenvalue weighted by atomic mass is 10.1. The number of esters is 3. The number of carbonyl (C=O) groups excluding carboxylic acids is 3. The van der Waals surface area contributed by atoms with Gasteiger partial charge in [-0.15, -0.1) is 0 Å². The molecule has 73 heavy (non-hydrogen) atoms. The zero-order valence-corrected chi connectivity index (χ0v) is 46.8. The van der Waals surface area contributed by atoms with Crippen LogP contribution in [-0.2, 0) is 28.6 Å². The van der Waals surface area contributed by atoms with Crippen LogP contribution in [-0.4, -0.2) is 37.2 Å². The van der Waals surface area contributed by atoms with Gasteiger partial charge in [0.05, 0.1) is 0 Å². The smallest absolute Gasteiger partial charge is 0.306 e. The highest BCUT2D eigenvalue weighted by Crippen LogP contribution is 2.13. The monoisotopic (exact) mass is 1010 g/mol. The molecule has 0 aliphatic carbocycles. The van der Waals surface area contributed by atoms with Crippen molar-refractivity contribution in [3.05, 3.63) is 146 Å². The van der Waals surface area contributed by atoms with Gasteiger partial charge in [0.25, 0.3) is 0 Å². The number of rotatable bonds is 51. The summed E-state index contributed by atoms with van der Waals surface area (Å²) < 4.78 is 16.8. The van der Waals surface area contributed by atoms with Crippen LogP contribution in [0.1, 0.15) is 239 Å². The Morgan fingerprint density at radius 2 is 0.548 bits per heavy atom. The van der Waals surface area contributed by atoms with E-state index >= 15 is 0 Å². The molecular weight excluding hydrogens is 901 g/mol. The molecule has 0 saturated carbocycles. The van der Waals surface area contributed by atoms with Crippen molar-refractivity contribution in [1.82, 2.24) is 0 Å². The van der Waals surface area contributed by atoms with E-state index in [0.717, 1.165) is 148 Å². The van der Waals surface area contributed by atoms with Crippen LogP contribution in [0.15, 0.2) is 146 Å². The Labute approximate surface area is 448 Å². The standard InChI is InChI=1S/C67H106O6/c1-4-7-10-13-16-19-22-25-28-30-31-32-33-34-35-37-39-42-45-48-51-54-57-60-66(69)72-63-64(62-71-65(68)59-56-53-50-47-44-41-38-27-24-21-18-15-12-9-6-3)73-67(70)61-58-55-52-49-46-43-40-36-29-26-23-20-17-14-11-8-5-2/h7-8,10-11,16-21,25-29,31-32,34-35,38-39,42,48,51,64H,4-6,9,12-15,22-24,30,33,36-37,40-41,43-47,49-50,52-63H2,1-3H3/b10-7-,11-8-,19-16-,20-17-,21-18-,28-25-,29-26-,32-31-,35-34-,38-27-,42-39-,51-48-. The first-order chi connectivity index (χ1) is 36.0. The lowest BCUT2D eigenvalue weighted by Gasteiger charge is -2.18. The SMILES string of the molecule is CC/C=C\C/C=C\C/C=C\C/C=C\C/C=C\C/C=C\C/C=C\CCCC(=O)OCC(COC(=O)CCCCCCC/C=C\C/C=C\CCCCC)OC(=O)CCCCCCCCC/C=C\C/C=C\C/C=C\CC. The maximum absolute atomic E-state index is 12.9. The highest BCUT2D eigenvalue weighted by molar-refractivity contribution is 5.71. The first-order valence-electron chi connectivity index (χ1n) is 29.3. The van der Waals surface area contributed by atoms with Crippen molar-refractivity contribution in [2.75, 3.05) is 13.2 Å². The van der Waals surface area contributed by atoms with Gasteiger partial charge in [-0.25, -0.2) is 0 Å². The third-order valence-corrected chi connectivity index (χ3v) is 11.8. The molecule has 0 heterocycles. The van der Waals surface area contributed by atoms with Crippen molar-refractivity contribution < 1.29 is 28.6 Å². The van der Waals surface area contributed by atoms with Crippen molar-refractivity contribution >= 4 is 17.9 Å². The van der Waals surface area contributed by atoms with Crippen molar-refractivity contribution in [3.8, 4) is 0 Å². The van der Waals surface area contributed by atoms with Crippen LogP contribution in [0.25, 0.3) is 0 Å². The fraction of sp³-hybridized carbons (Fsp3) is 0.597. The molecule has 0 radical (unpaired) electrons. The molecular formula is C67H106O6. The van der Waals surface area contributed by atoms with Gasteiger partial charge in [0, 0.05) is 19.3 Å². The van der Waals surface area contributed by atoms with Gasteiger partial charge in [-0.1, -0.05) is 231 Å². The predicted molar refractivity (Wildman–Crippen MR) is 315 cm³/mol. The van der Waals surface area contributed by atoms with Crippen LogP contribution >= 0.6 is 0 Å². The van der Waals surface area contributed by atoms with Crippen LogP contribution in [0, 0.1) is 0 Å². The summed E-state index contributed by atoms with van der Waals surface area (Å²) in [4.78, 5) is 38.2. The molecule has 1 unspecified atom stereocenters. The topological polar surface area (TPSA) is 78.9 Å². The maximum Gasteiger partial charge on any atom is 0.306 e. The Morgan fingerprint density at radius 1 is 0.288 bits per heavy atom. The lowest BCUT2D eigenvalue weighted by Crippen LogP contribution is -2.30. The molecule has 0 aliphatic heterocycles. The second kappa shape index (κ2) is 59.8. The molecule has 0 saturated heterocycles. The number of unbranched alkanes of at least 4 members (excludes halogenated alkanes) is 16. The average Bonchev–Trinajstić information content (AvgIpc) is 3.39. The number of hydrogen-bond acceptors (Lipinski definition) is 6. The summed E-state index contributed by atoms with van der Waals surface area (Å²) in [7, 11) is 0. The fourth-order valence-electron chi connectivity index (χ4n) is 7.47. The Bertz CT molecular complexity index is 1630. The van der Waals surface area contributed by atoms with Gasteiger partial charge in [0.2, 0.25) is 0 Å². The number of hydrogen-bond donors (Lipinski definition) is 0. The van der Waals surface area contributed by atoms with E-state index in [0.29, 0.717) is 19.3 Å². The van der Waals surface area contributed by atoms with Gasteiger partial charge in [0.1, 0.15) is 13.2 Å². The Hall–Kier alpha value is -4.71. The minimum absolute atomic E-state index is 0.113. The minimum atomic E-state index is -0.820. The molecule has 0 rings (SSSR count). The summed E-state index contributed by atoms with van der Waals surface area (Å²) in [5.41, 5.74) is 0. The van der Waals surface area contributed by atoms with Crippen LogP contribution in [0.3, 0.4) is 0 Å². The van der Waals surface area contributed by atoms with Crippen LogP contribution in [0.2, 0.25) is 0 Å². The molecule has 0 amide bonds. The van der Waals surface area contributed by atoms with E-state index in [9.17, 15) is 14.4 Å². The molecule has 0 bridgehead atoms. The molecule has 0 aliphatic rings. The maximum atomic E-state index is 12.9. The van der Waals surface area contributed by atoms with Gasteiger partial charge in [-0.2, -0.15) is 0 Å². The van der Waals surface area contributed by atoms with Crippen molar-refractivity contribution in [1.29, 1.82) is 0 Å². The van der Waals surface area contributed by atoms with E-state index in [1.165, 1.54) is 44.9 Å². The second-order valence-corrected chi connectivity index (χ2v) is 18.8. The summed E-state index contributed by atoms with van der Waals surface area (Å²) in [5, 5.41) is 0. The van der Waals surface area contributed by atoms with E-state index in [-0.39, 0.29) is 37.5 Å². The van der Waals surface area contributed by atoms with Crippen molar-refractivity contribution in [3.63, 3.8) is 0 Å². The molecule has 0 aromatic heterocycles. The predicted octanol–water partition coefficient (Wildman–Crippen LogP) is 20.0. The van der Waals surface area contributed by atoms with Crippen LogP contribution in [0.4, 0.5) is 0 Å². The summed E-state index contributed by atoms with van der Waals surface area (Å²) in [6.45, 7) is 6.31. The average molecular weight is 1010 g/mol. The molecule has 6 heteroatoms. The van der Waals surface area contributed by atoms with Crippen molar-refractivity contribution in [2.45, 2.75) is 245 Å². The first kappa shape index (κ1) is 68.3. The van der Waals surface area contributed by atoms with Gasteiger partial charge in [0.15, 0.2) is 6.10 Å². The second-order valence-electron chi connectivity index (χ2n) is 18.8. The Kier molecular flexibility index (Phi) is 56.0. The summed E-state index contributed by atoms with van der Waals surface area (Å²) in [5.74, 6) is -1.00. The molecule has 410 valence electrons. The summed E-state index contributed by atoms with van der Waals surface area (Å²) in [6.07, 6.45) is 85.5. The Balaban J connectivity index is 4.54. The largest absolute Gasteiger partial charge is 0.462 e. The van der Waals surface area contributed by atoms with E-state index < -0.39 is 6.10 Å². The van der Waals surface area contributed by atoms with Crippen LogP contribution in [0.5, 0.6) is 0 Å². The normalized spacial score (nSPS) is 13.2. The zero-order chi connectivity index (χ0) is 52.9. The molecule has 0 spiro atoms. The lowest BCUT2D eigenvalue weighted by molar-refractivity contribution is -0.167. The van der Waals surface area contributed by atoms with Crippen molar-refractivity contribution in [2.24, 2.45) is 0 Å². The summed E-state index contributed by atoms with van der Waals surface area (Å²) in [6, 6.07) is 0. The molecule has 0 aromatic rings. The first-order valence-corrected chi connectivity index (χ1v) is 29.3. The fourth-order valence-corrected chi connectivity index (χ4v) is 7.47. The van der Waals surface area contributed by atoms with E-state index in [4.69, 9.17) is 14.2 Å². The number of ether oxygens (including phenoxy) is 3. The Morgan fingerprint density at radius 3 is 0.890 bits per heavy atom. The minimum Gasteiger partial charge on any atom is -0.462 e. The van der Waals surface area contributed by atoms with Gasteiger partial charge in [-0.05, 0) is 135 Å². The van der Waals surface area contributed by atoms with Gasteiger partial charge in [-0.3, -0.25) is 14.4 Å². The number of allylic oxidation sites excluding steroid dienone is 24. The molecule has 0 fully saturated rings.